The Balaban J connectivity index is 2.79. The highest BCUT2D eigenvalue weighted by molar-refractivity contribution is 5.70. The zero-order valence-electron chi connectivity index (χ0n) is 10.3. The van der Waals surface area contributed by atoms with E-state index < -0.39 is 5.97 Å². The molecule has 0 bridgehead atoms. The maximum atomic E-state index is 12.8. The van der Waals surface area contributed by atoms with Gasteiger partial charge in [0.05, 0.1) is 5.92 Å². The Morgan fingerprint density at radius 3 is 2.18 bits per heavy atom. The summed E-state index contributed by atoms with van der Waals surface area (Å²) in [7, 11) is 0. The Hall–Kier alpha value is -1.38. The monoisotopic (exact) mass is 238 g/mol. The summed E-state index contributed by atoms with van der Waals surface area (Å²) in [5.41, 5.74) is 0.880. The van der Waals surface area contributed by atoms with Crippen LogP contribution in [0, 0.1) is 17.7 Å². The van der Waals surface area contributed by atoms with Gasteiger partial charge in [-0.25, -0.2) is 4.39 Å². The van der Waals surface area contributed by atoms with Crippen LogP contribution in [-0.4, -0.2) is 11.1 Å². The molecule has 17 heavy (non-hydrogen) atoms. The van der Waals surface area contributed by atoms with E-state index in [9.17, 15) is 14.3 Å². The first kappa shape index (κ1) is 13.7. The van der Waals surface area contributed by atoms with Crippen LogP contribution in [0.25, 0.3) is 0 Å². The molecular formula is C14H19FO2. The Kier molecular flexibility index (Phi) is 5.13. The van der Waals surface area contributed by atoms with Crippen molar-refractivity contribution in [3.63, 3.8) is 0 Å². The highest BCUT2D eigenvalue weighted by Gasteiger charge is 2.25. The molecule has 1 rings (SSSR count). The molecule has 0 amide bonds. The highest BCUT2D eigenvalue weighted by Crippen LogP contribution is 2.24. The van der Waals surface area contributed by atoms with Crippen molar-refractivity contribution in [2.24, 2.45) is 11.8 Å². The number of carbonyl (C=O) groups is 1. The smallest absolute Gasteiger partial charge is 0.307 e. The first-order valence-corrected chi connectivity index (χ1v) is 6.05. The second-order valence-corrected chi connectivity index (χ2v) is 4.35. The summed E-state index contributed by atoms with van der Waals surface area (Å²) < 4.78 is 12.8. The quantitative estimate of drug-likeness (QED) is 0.823. The number of hydrogen-bond acceptors (Lipinski definition) is 1. The summed E-state index contributed by atoms with van der Waals surface area (Å²) in [5.74, 6) is -1.25. The Bertz CT molecular complexity index is 355. The lowest BCUT2D eigenvalue weighted by Crippen LogP contribution is -2.25. The Morgan fingerprint density at radius 2 is 1.76 bits per heavy atom. The van der Waals surface area contributed by atoms with Crippen LogP contribution >= 0.6 is 0 Å². The molecule has 1 unspecified atom stereocenters. The third-order valence-corrected chi connectivity index (χ3v) is 3.30. The van der Waals surface area contributed by atoms with Crippen molar-refractivity contribution in [2.75, 3.05) is 0 Å². The maximum Gasteiger partial charge on any atom is 0.307 e. The molecule has 1 N–H and O–H groups in total. The summed E-state index contributed by atoms with van der Waals surface area (Å²) in [6, 6.07) is 6.07. The fraction of sp³-hybridized carbons (Fsp3) is 0.500. The van der Waals surface area contributed by atoms with E-state index >= 15 is 0 Å². The van der Waals surface area contributed by atoms with Gasteiger partial charge in [-0.3, -0.25) is 4.79 Å². The predicted octanol–water partition coefficient (Wildman–Crippen LogP) is 3.51. The number of aliphatic carboxylic acids is 1. The molecule has 0 saturated carbocycles. The Morgan fingerprint density at radius 1 is 1.24 bits per heavy atom. The topological polar surface area (TPSA) is 37.3 Å². The average Bonchev–Trinajstić information content (AvgIpc) is 2.31. The summed E-state index contributed by atoms with van der Waals surface area (Å²) in [6.07, 6.45) is 2.19. The van der Waals surface area contributed by atoms with Crippen molar-refractivity contribution in [1.29, 1.82) is 0 Å². The minimum atomic E-state index is -0.761. The molecule has 0 aliphatic carbocycles. The van der Waals surface area contributed by atoms with Crippen LogP contribution in [0.5, 0.6) is 0 Å². The molecular weight excluding hydrogens is 219 g/mol. The van der Waals surface area contributed by atoms with Crippen LogP contribution in [0.15, 0.2) is 24.3 Å². The largest absolute Gasteiger partial charge is 0.481 e. The van der Waals surface area contributed by atoms with Crippen LogP contribution in [0.4, 0.5) is 4.39 Å². The standard InChI is InChI=1S/C14H19FO2/c1-3-11(4-2)13(14(16)17)9-10-5-7-12(15)8-6-10/h5-8,11,13H,3-4,9H2,1-2H3,(H,16,17). The minimum absolute atomic E-state index is 0.178. The number of halogens is 1. The summed E-state index contributed by atoms with van der Waals surface area (Å²) in [4.78, 5) is 11.3. The van der Waals surface area contributed by atoms with Gasteiger partial charge in [0.1, 0.15) is 5.82 Å². The van der Waals surface area contributed by atoms with E-state index in [1.54, 1.807) is 12.1 Å². The second kappa shape index (κ2) is 6.38. The second-order valence-electron chi connectivity index (χ2n) is 4.35. The molecule has 0 spiro atoms. The first-order valence-electron chi connectivity index (χ1n) is 6.05. The zero-order valence-corrected chi connectivity index (χ0v) is 10.3. The van der Waals surface area contributed by atoms with Gasteiger partial charge >= 0.3 is 5.97 Å². The van der Waals surface area contributed by atoms with Crippen LogP contribution in [0.3, 0.4) is 0 Å². The van der Waals surface area contributed by atoms with Gasteiger partial charge in [0, 0.05) is 0 Å². The molecule has 0 heterocycles. The van der Waals surface area contributed by atoms with E-state index in [0.717, 1.165) is 18.4 Å². The molecule has 0 aliphatic rings. The number of hydrogen-bond donors (Lipinski definition) is 1. The van der Waals surface area contributed by atoms with Gasteiger partial charge in [-0.05, 0) is 30.0 Å². The SMILES string of the molecule is CCC(CC)C(Cc1ccc(F)cc1)C(=O)O. The molecule has 94 valence electrons. The average molecular weight is 238 g/mol. The normalized spacial score (nSPS) is 12.7. The highest BCUT2D eigenvalue weighted by atomic mass is 19.1. The van der Waals surface area contributed by atoms with Crippen molar-refractivity contribution in [2.45, 2.75) is 33.1 Å². The summed E-state index contributed by atoms with van der Waals surface area (Å²) >= 11 is 0. The van der Waals surface area contributed by atoms with Crippen LogP contribution < -0.4 is 0 Å². The minimum Gasteiger partial charge on any atom is -0.481 e. The van der Waals surface area contributed by atoms with Crippen molar-refractivity contribution in [3.05, 3.63) is 35.6 Å². The molecule has 0 radical (unpaired) electrons. The van der Waals surface area contributed by atoms with Gasteiger partial charge in [0.2, 0.25) is 0 Å². The van der Waals surface area contributed by atoms with E-state index in [-0.39, 0.29) is 17.7 Å². The van der Waals surface area contributed by atoms with Gasteiger partial charge in [0.15, 0.2) is 0 Å². The van der Waals surface area contributed by atoms with E-state index in [2.05, 4.69) is 0 Å². The molecule has 1 atom stereocenters. The van der Waals surface area contributed by atoms with Crippen LogP contribution in [0.2, 0.25) is 0 Å². The lowest BCUT2D eigenvalue weighted by atomic mass is 9.83. The van der Waals surface area contributed by atoms with E-state index in [1.165, 1.54) is 12.1 Å². The van der Waals surface area contributed by atoms with Crippen molar-refractivity contribution < 1.29 is 14.3 Å². The molecule has 1 aromatic rings. The number of carboxylic acid groups (broad SMARTS) is 1. The first-order chi connectivity index (χ1) is 8.08. The lowest BCUT2D eigenvalue weighted by Gasteiger charge is -2.21. The van der Waals surface area contributed by atoms with E-state index in [4.69, 9.17) is 0 Å². The van der Waals surface area contributed by atoms with Gasteiger partial charge in [0.25, 0.3) is 0 Å². The van der Waals surface area contributed by atoms with Gasteiger partial charge in [-0.1, -0.05) is 38.8 Å². The van der Waals surface area contributed by atoms with E-state index in [1.807, 2.05) is 13.8 Å². The molecule has 2 nitrogen and oxygen atoms in total. The molecule has 1 aromatic carbocycles. The molecule has 0 fully saturated rings. The van der Waals surface area contributed by atoms with Crippen LogP contribution in [-0.2, 0) is 11.2 Å². The fourth-order valence-electron chi connectivity index (χ4n) is 2.19. The fourth-order valence-corrected chi connectivity index (χ4v) is 2.19. The molecule has 0 aliphatic heterocycles. The van der Waals surface area contributed by atoms with Gasteiger partial charge < -0.3 is 5.11 Å². The third-order valence-electron chi connectivity index (χ3n) is 3.30. The Labute approximate surface area is 101 Å². The lowest BCUT2D eigenvalue weighted by molar-refractivity contribution is -0.143. The predicted molar refractivity (Wildman–Crippen MR) is 65.3 cm³/mol. The summed E-state index contributed by atoms with van der Waals surface area (Å²) in [5, 5.41) is 9.25. The van der Waals surface area contributed by atoms with Crippen molar-refractivity contribution in [3.8, 4) is 0 Å². The third kappa shape index (κ3) is 3.84. The van der Waals surface area contributed by atoms with E-state index in [0.29, 0.717) is 6.42 Å². The zero-order chi connectivity index (χ0) is 12.8. The van der Waals surface area contributed by atoms with Crippen molar-refractivity contribution >= 4 is 5.97 Å². The van der Waals surface area contributed by atoms with Gasteiger partial charge in [-0.2, -0.15) is 0 Å². The van der Waals surface area contributed by atoms with Crippen molar-refractivity contribution in [1.82, 2.24) is 0 Å². The number of rotatable bonds is 6. The molecule has 3 heteroatoms. The maximum absolute atomic E-state index is 12.8. The number of carboxylic acids is 1. The molecule has 0 saturated heterocycles. The number of benzene rings is 1. The van der Waals surface area contributed by atoms with Crippen LogP contribution in [0.1, 0.15) is 32.3 Å². The van der Waals surface area contributed by atoms with Gasteiger partial charge in [-0.15, -0.1) is 0 Å². The molecule has 0 aromatic heterocycles. The summed E-state index contributed by atoms with van der Waals surface area (Å²) in [6.45, 7) is 4.02.